The monoisotopic (exact) mass is 281 g/mol. The molecule has 0 amide bonds. The molecule has 0 bridgehead atoms. The molecule has 2 aromatic rings. The van der Waals surface area contributed by atoms with E-state index in [1.165, 1.54) is 0 Å². The molecule has 0 spiro atoms. The first-order valence-electron chi connectivity index (χ1n) is 5.97. The summed E-state index contributed by atoms with van der Waals surface area (Å²) in [6.07, 6.45) is 3.23. The van der Waals surface area contributed by atoms with Crippen molar-refractivity contribution in [2.24, 2.45) is 0 Å². The summed E-state index contributed by atoms with van der Waals surface area (Å²) < 4.78 is 39.5. The molecule has 0 aliphatic rings. The van der Waals surface area contributed by atoms with Gasteiger partial charge in [0.25, 0.3) is 0 Å². The molecule has 2 rings (SSSR count). The smallest absolute Gasteiger partial charge is 0.161 e. The summed E-state index contributed by atoms with van der Waals surface area (Å²) in [4.78, 5) is 5.84. The Bertz CT molecular complexity index is 615. The van der Waals surface area contributed by atoms with Crippen LogP contribution in [0.15, 0.2) is 30.6 Å². The number of halogens is 3. The maximum Gasteiger partial charge on any atom is 0.161 e. The Hall–Kier alpha value is -2.24. The number of anilines is 2. The molecular weight excluding hydrogens is 267 g/mol. The number of aromatic nitrogens is 1. The Labute approximate surface area is 115 Å². The molecule has 0 saturated heterocycles. The van der Waals surface area contributed by atoms with Crippen molar-refractivity contribution in [1.29, 1.82) is 0 Å². The molecule has 0 saturated carbocycles. The highest BCUT2D eigenvalue weighted by Gasteiger charge is 2.10. The summed E-state index contributed by atoms with van der Waals surface area (Å²) in [5.41, 5.74) is 1.60. The predicted octanol–water partition coefficient (Wildman–Crippen LogP) is 3.18. The fraction of sp³-hybridized carbons (Fsp3) is 0.214. The van der Waals surface area contributed by atoms with Crippen LogP contribution in [-0.2, 0) is 6.54 Å². The zero-order chi connectivity index (χ0) is 14.7. The van der Waals surface area contributed by atoms with E-state index in [4.69, 9.17) is 0 Å². The number of benzene rings is 1. The first kappa shape index (κ1) is 14.2. The highest BCUT2D eigenvalue weighted by molar-refractivity contribution is 5.68. The largest absolute Gasteiger partial charge is 0.378 e. The van der Waals surface area contributed by atoms with Gasteiger partial charge in [0.1, 0.15) is 5.82 Å². The minimum atomic E-state index is -1.19. The zero-order valence-corrected chi connectivity index (χ0v) is 11.1. The SMILES string of the molecule is CN(C)c1ccncc1NCc1cc(F)c(F)cc1F. The van der Waals surface area contributed by atoms with Gasteiger partial charge in [-0.15, -0.1) is 0 Å². The molecule has 0 fully saturated rings. The summed E-state index contributed by atoms with van der Waals surface area (Å²) in [7, 11) is 3.72. The maximum absolute atomic E-state index is 13.5. The van der Waals surface area contributed by atoms with Crippen LogP contribution in [0.5, 0.6) is 0 Å². The highest BCUT2D eigenvalue weighted by Crippen LogP contribution is 2.23. The number of nitrogens with one attached hydrogen (secondary N) is 1. The second-order valence-electron chi connectivity index (χ2n) is 4.50. The van der Waals surface area contributed by atoms with Gasteiger partial charge in [-0.2, -0.15) is 0 Å². The van der Waals surface area contributed by atoms with Crippen LogP contribution in [-0.4, -0.2) is 19.1 Å². The Morgan fingerprint density at radius 1 is 1.10 bits per heavy atom. The highest BCUT2D eigenvalue weighted by atomic mass is 19.2. The Balaban J connectivity index is 2.19. The lowest BCUT2D eigenvalue weighted by Crippen LogP contribution is -2.13. The number of hydrogen-bond acceptors (Lipinski definition) is 3. The first-order chi connectivity index (χ1) is 9.49. The fourth-order valence-electron chi connectivity index (χ4n) is 1.80. The zero-order valence-electron chi connectivity index (χ0n) is 11.1. The van der Waals surface area contributed by atoms with Gasteiger partial charge in [0, 0.05) is 38.5 Å². The van der Waals surface area contributed by atoms with E-state index in [-0.39, 0.29) is 12.1 Å². The van der Waals surface area contributed by atoms with Crippen molar-refractivity contribution in [2.75, 3.05) is 24.3 Å². The van der Waals surface area contributed by atoms with Crippen molar-refractivity contribution in [2.45, 2.75) is 6.54 Å². The van der Waals surface area contributed by atoms with Crippen LogP contribution in [0.4, 0.5) is 24.5 Å². The van der Waals surface area contributed by atoms with Gasteiger partial charge >= 0.3 is 0 Å². The minimum absolute atomic E-state index is 0.0373. The molecule has 3 nitrogen and oxygen atoms in total. The molecule has 0 aliphatic heterocycles. The topological polar surface area (TPSA) is 28.2 Å². The average Bonchev–Trinajstić information content (AvgIpc) is 2.41. The standard InChI is InChI=1S/C14H14F3N3/c1-20(2)14-3-4-18-8-13(14)19-7-9-5-11(16)12(17)6-10(9)15/h3-6,8,19H,7H2,1-2H3. The van der Waals surface area contributed by atoms with Gasteiger partial charge in [0.2, 0.25) is 0 Å². The van der Waals surface area contributed by atoms with Crippen molar-refractivity contribution in [3.05, 3.63) is 53.6 Å². The van der Waals surface area contributed by atoms with Crippen LogP contribution >= 0.6 is 0 Å². The van der Waals surface area contributed by atoms with E-state index in [2.05, 4.69) is 10.3 Å². The van der Waals surface area contributed by atoms with Gasteiger partial charge < -0.3 is 10.2 Å². The van der Waals surface area contributed by atoms with E-state index in [1.54, 1.807) is 18.5 Å². The predicted molar refractivity (Wildman–Crippen MR) is 72.2 cm³/mol. The van der Waals surface area contributed by atoms with Crippen molar-refractivity contribution in [3.8, 4) is 0 Å². The van der Waals surface area contributed by atoms with Crippen LogP contribution in [0.1, 0.15) is 5.56 Å². The molecule has 1 N–H and O–H groups in total. The van der Waals surface area contributed by atoms with Crippen LogP contribution in [0.2, 0.25) is 0 Å². The average molecular weight is 281 g/mol. The van der Waals surface area contributed by atoms with Gasteiger partial charge in [0.15, 0.2) is 11.6 Å². The Morgan fingerprint density at radius 2 is 1.80 bits per heavy atom. The summed E-state index contributed by atoms with van der Waals surface area (Å²) in [6, 6.07) is 3.19. The molecule has 1 aromatic carbocycles. The summed E-state index contributed by atoms with van der Waals surface area (Å²) >= 11 is 0. The normalized spacial score (nSPS) is 10.4. The number of pyridine rings is 1. The van der Waals surface area contributed by atoms with E-state index in [1.807, 2.05) is 19.0 Å². The lowest BCUT2D eigenvalue weighted by Gasteiger charge is -2.18. The molecule has 0 aliphatic carbocycles. The maximum atomic E-state index is 13.5. The molecule has 106 valence electrons. The van der Waals surface area contributed by atoms with E-state index in [0.717, 1.165) is 11.8 Å². The van der Waals surface area contributed by atoms with Crippen LogP contribution in [0, 0.1) is 17.5 Å². The first-order valence-corrected chi connectivity index (χ1v) is 5.97. The Kier molecular flexibility index (Phi) is 4.12. The molecule has 1 aromatic heterocycles. The van der Waals surface area contributed by atoms with Gasteiger partial charge in [-0.3, -0.25) is 4.98 Å². The van der Waals surface area contributed by atoms with Gasteiger partial charge in [0.05, 0.1) is 17.6 Å². The van der Waals surface area contributed by atoms with Gasteiger partial charge in [-0.1, -0.05) is 0 Å². The third-order valence-electron chi connectivity index (χ3n) is 2.84. The second kappa shape index (κ2) is 5.81. The molecule has 1 heterocycles. The molecule has 20 heavy (non-hydrogen) atoms. The van der Waals surface area contributed by atoms with Crippen molar-refractivity contribution in [3.63, 3.8) is 0 Å². The number of nitrogens with zero attached hydrogens (tertiary/aromatic N) is 2. The van der Waals surface area contributed by atoms with Crippen molar-refractivity contribution in [1.82, 2.24) is 4.98 Å². The van der Waals surface area contributed by atoms with Crippen LogP contribution in [0.25, 0.3) is 0 Å². The number of rotatable bonds is 4. The molecule has 0 atom stereocenters. The van der Waals surface area contributed by atoms with Crippen molar-refractivity contribution < 1.29 is 13.2 Å². The summed E-state index contributed by atoms with van der Waals surface area (Å²) in [6.45, 7) is 0.0373. The minimum Gasteiger partial charge on any atom is -0.378 e. The fourth-order valence-corrected chi connectivity index (χ4v) is 1.80. The van der Waals surface area contributed by atoms with E-state index in [9.17, 15) is 13.2 Å². The second-order valence-corrected chi connectivity index (χ2v) is 4.50. The van der Waals surface area contributed by atoms with Gasteiger partial charge in [-0.05, 0) is 12.1 Å². The van der Waals surface area contributed by atoms with Crippen LogP contribution < -0.4 is 10.2 Å². The summed E-state index contributed by atoms with van der Waals surface area (Å²) in [5, 5.41) is 2.97. The van der Waals surface area contributed by atoms with Crippen LogP contribution in [0.3, 0.4) is 0 Å². The molecule has 0 unspecified atom stereocenters. The van der Waals surface area contributed by atoms with Crippen molar-refractivity contribution >= 4 is 11.4 Å². The van der Waals surface area contributed by atoms with E-state index in [0.29, 0.717) is 11.8 Å². The number of hydrogen-bond donors (Lipinski definition) is 1. The third kappa shape index (κ3) is 3.01. The molecule has 0 radical (unpaired) electrons. The molecule has 6 heteroatoms. The van der Waals surface area contributed by atoms with Gasteiger partial charge in [-0.25, -0.2) is 13.2 Å². The summed E-state index contributed by atoms with van der Waals surface area (Å²) in [5.74, 6) is -3.05. The molecular formula is C14H14F3N3. The quantitative estimate of drug-likeness (QED) is 0.872. The lowest BCUT2D eigenvalue weighted by atomic mass is 10.2. The third-order valence-corrected chi connectivity index (χ3v) is 2.84. The van der Waals surface area contributed by atoms with E-state index < -0.39 is 17.5 Å². The van der Waals surface area contributed by atoms with E-state index >= 15 is 0 Å². The lowest BCUT2D eigenvalue weighted by molar-refractivity contribution is 0.490. The Morgan fingerprint density at radius 3 is 2.50 bits per heavy atom.